The number of benzene rings is 2. The number of nitrogens with zero attached hydrogens (tertiary/aromatic N) is 2. The number of hydrogen-bond donors (Lipinski definition) is 2. The van der Waals surface area contributed by atoms with Gasteiger partial charge in [-0.15, -0.1) is 0 Å². The molecule has 170 valence electrons. The molecule has 4 aromatic rings. The molecule has 0 bridgehead atoms. The molecule has 1 aliphatic rings. The number of halogens is 1. The fourth-order valence-electron chi connectivity index (χ4n) is 5.35. The Kier molecular flexibility index (Phi) is 5.49. The van der Waals surface area contributed by atoms with E-state index in [9.17, 15) is 9.59 Å². The van der Waals surface area contributed by atoms with Crippen LogP contribution in [-0.2, 0) is 13.5 Å². The third kappa shape index (κ3) is 3.82. The molecule has 0 unspecified atom stereocenters. The monoisotopic (exact) mass is 462 g/mol. The number of H-pyrrole nitrogens is 1. The van der Waals surface area contributed by atoms with E-state index in [0.29, 0.717) is 16.1 Å². The lowest BCUT2D eigenvalue weighted by Crippen LogP contribution is -2.51. The first-order valence-corrected chi connectivity index (χ1v) is 11.8. The van der Waals surface area contributed by atoms with E-state index in [0.717, 1.165) is 54.1 Å². The Hall–Kier alpha value is -3.12. The average Bonchev–Trinajstić information content (AvgIpc) is 3.14. The van der Waals surface area contributed by atoms with E-state index < -0.39 is 0 Å². The van der Waals surface area contributed by atoms with Crippen molar-refractivity contribution >= 4 is 39.2 Å². The molecule has 0 aliphatic heterocycles. The number of carbonyl (C=O) groups excluding carboxylic acids is 1. The van der Waals surface area contributed by atoms with Gasteiger partial charge in [-0.25, -0.2) is 5.10 Å². The fraction of sp³-hybridized carbons (Fsp3) is 0.346. The molecule has 1 amide bonds. The Morgan fingerprint density at radius 3 is 2.70 bits per heavy atom. The summed E-state index contributed by atoms with van der Waals surface area (Å²) in [5, 5.41) is 13.4. The summed E-state index contributed by atoms with van der Waals surface area (Å²) in [5.74, 6) is -0.0623. The predicted octanol–water partition coefficient (Wildman–Crippen LogP) is 4.99. The molecule has 2 heterocycles. The van der Waals surface area contributed by atoms with Crippen LogP contribution in [0.15, 0.2) is 53.3 Å². The first kappa shape index (κ1) is 21.7. The third-order valence-corrected chi connectivity index (χ3v) is 7.66. The Morgan fingerprint density at radius 1 is 1.21 bits per heavy atom. The van der Waals surface area contributed by atoms with Crippen molar-refractivity contribution in [2.45, 2.75) is 45.1 Å². The van der Waals surface area contributed by atoms with Gasteiger partial charge in [0.25, 0.3) is 11.5 Å². The van der Waals surface area contributed by atoms with Crippen LogP contribution in [0.4, 0.5) is 0 Å². The molecule has 0 radical (unpaired) electrons. The van der Waals surface area contributed by atoms with Crippen LogP contribution in [0.1, 0.15) is 48.8 Å². The maximum Gasteiger partial charge on any atom is 0.272 e. The maximum absolute atomic E-state index is 13.0. The topological polar surface area (TPSA) is 79.8 Å². The molecule has 33 heavy (non-hydrogen) atoms. The second kappa shape index (κ2) is 8.34. The van der Waals surface area contributed by atoms with Gasteiger partial charge in [-0.05, 0) is 49.3 Å². The summed E-state index contributed by atoms with van der Waals surface area (Å²) in [7, 11) is 1.88. The molecule has 1 fully saturated rings. The van der Waals surface area contributed by atoms with Crippen molar-refractivity contribution in [2.24, 2.45) is 12.5 Å². The second-order valence-corrected chi connectivity index (χ2v) is 9.65. The van der Waals surface area contributed by atoms with Gasteiger partial charge in [-0.1, -0.05) is 55.3 Å². The van der Waals surface area contributed by atoms with Crippen LogP contribution in [0.5, 0.6) is 0 Å². The molecular formula is C26H27ClN4O2. The van der Waals surface area contributed by atoms with Crippen molar-refractivity contribution in [3.8, 4) is 0 Å². The van der Waals surface area contributed by atoms with Crippen molar-refractivity contribution in [1.82, 2.24) is 20.1 Å². The highest BCUT2D eigenvalue weighted by molar-refractivity contribution is 6.35. The summed E-state index contributed by atoms with van der Waals surface area (Å²) >= 11 is 6.33. The number of amides is 1. The highest BCUT2D eigenvalue weighted by atomic mass is 35.5. The van der Waals surface area contributed by atoms with E-state index >= 15 is 0 Å². The molecule has 5 rings (SSSR count). The smallest absolute Gasteiger partial charge is 0.272 e. The van der Waals surface area contributed by atoms with Gasteiger partial charge in [0.2, 0.25) is 0 Å². The normalized spacial score (nSPS) is 20.2. The molecule has 1 aliphatic carbocycles. The maximum atomic E-state index is 13.0. The average molecular weight is 463 g/mol. The number of aromatic nitrogens is 3. The Bertz CT molecular complexity index is 1420. The number of nitrogens with one attached hydrogen (secondary N) is 2. The van der Waals surface area contributed by atoms with E-state index in [1.54, 1.807) is 0 Å². The second-order valence-electron chi connectivity index (χ2n) is 9.24. The van der Waals surface area contributed by atoms with Crippen LogP contribution in [0, 0.1) is 5.41 Å². The first-order chi connectivity index (χ1) is 15.9. The van der Waals surface area contributed by atoms with Gasteiger partial charge in [0, 0.05) is 23.9 Å². The van der Waals surface area contributed by atoms with Gasteiger partial charge in [-0.3, -0.25) is 9.59 Å². The van der Waals surface area contributed by atoms with E-state index in [1.165, 1.54) is 0 Å². The summed E-state index contributed by atoms with van der Waals surface area (Å²) in [6.45, 7) is 2.21. The summed E-state index contributed by atoms with van der Waals surface area (Å²) in [5.41, 5.74) is 2.45. The third-order valence-electron chi connectivity index (χ3n) is 7.35. The molecule has 6 nitrogen and oxygen atoms in total. The minimum Gasteiger partial charge on any atom is -0.348 e. The molecule has 0 spiro atoms. The van der Waals surface area contributed by atoms with E-state index in [2.05, 4.69) is 22.4 Å². The fourth-order valence-corrected chi connectivity index (χ4v) is 5.66. The number of rotatable bonds is 6. The summed E-state index contributed by atoms with van der Waals surface area (Å²) in [4.78, 5) is 25.0. The van der Waals surface area contributed by atoms with Crippen molar-refractivity contribution in [1.29, 1.82) is 0 Å². The zero-order valence-corrected chi connectivity index (χ0v) is 19.6. The number of hydrogen-bond acceptors (Lipinski definition) is 3. The quantitative estimate of drug-likeness (QED) is 0.423. The van der Waals surface area contributed by atoms with E-state index in [4.69, 9.17) is 11.6 Å². The molecule has 2 aromatic carbocycles. The SMILES string of the molecule is CC[C@]1(CCc2n[nH]c(=O)c3ccccc23)C[C@H](NC(=O)c2cc3cccc(Cl)c3n2C)C1. The van der Waals surface area contributed by atoms with Crippen LogP contribution in [0.25, 0.3) is 21.7 Å². The lowest BCUT2D eigenvalue weighted by atomic mass is 9.61. The van der Waals surface area contributed by atoms with Crippen molar-refractivity contribution in [3.63, 3.8) is 0 Å². The van der Waals surface area contributed by atoms with Crippen LogP contribution < -0.4 is 10.9 Å². The molecule has 0 saturated heterocycles. The largest absolute Gasteiger partial charge is 0.348 e. The van der Waals surface area contributed by atoms with Gasteiger partial charge in [0.1, 0.15) is 5.69 Å². The zero-order valence-electron chi connectivity index (χ0n) is 18.8. The Labute approximate surface area is 196 Å². The summed E-state index contributed by atoms with van der Waals surface area (Å²) in [6, 6.07) is 15.4. The molecular weight excluding hydrogens is 436 g/mol. The highest BCUT2D eigenvalue weighted by Crippen LogP contribution is 2.47. The van der Waals surface area contributed by atoms with Gasteiger partial charge >= 0.3 is 0 Å². The van der Waals surface area contributed by atoms with Crippen LogP contribution >= 0.6 is 11.6 Å². The van der Waals surface area contributed by atoms with Crippen molar-refractivity contribution in [2.75, 3.05) is 0 Å². The van der Waals surface area contributed by atoms with Gasteiger partial charge in [0.05, 0.1) is 21.6 Å². The van der Waals surface area contributed by atoms with Crippen LogP contribution in [0.3, 0.4) is 0 Å². The Morgan fingerprint density at radius 2 is 1.97 bits per heavy atom. The summed E-state index contributed by atoms with van der Waals surface area (Å²) < 4.78 is 1.87. The molecule has 1 saturated carbocycles. The Balaban J connectivity index is 1.26. The minimum absolute atomic E-state index is 0.0623. The number of carbonyl (C=O) groups is 1. The van der Waals surface area contributed by atoms with Gasteiger partial charge in [-0.2, -0.15) is 5.10 Å². The lowest BCUT2D eigenvalue weighted by Gasteiger charge is -2.48. The highest BCUT2D eigenvalue weighted by Gasteiger charge is 2.43. The van der Waals surface area contributed by atoms with Crippen LogP contribution in [-0.4, -0.2) is 26.7 Å². The molecule has 2 aromatic heterocycles. The standard InChI is InChI=1S/C26H27ClN4O2/c1-3-26(12-11-21-18-8-4-5-9-19(18)24(32)30-29-21)14-17(15-26)28-25(33)22-13-16-7-6-10-20(27)23(16)31(22)2/h4-10,13,17H,3,11-12,14-15H2,1-2H3,(H,28,33)(H,30,32)/t17-,26-. The van der Waals surface area contributed by atoms with E-state index in [-0.39, 0.29) is 22.9 Å². The molecule has 0 atom stereocenters. The van der Waals surface area contributed by atoms with Crippen molar-refractivity contribution < 1.29 is 4.79 Å². The summed E-state index contributed by atoms with van der Waals surface area (Å²) in [6.07, 6.45) is 4.71. The minimum atomic E-state index is -0.152. The van der Waals surface area contributed by atoms with Crippen molar-refractivity contribution in [3.05, 3.63) is 75.3 Å². The zero-order chi connectivity index (χ0) is 23.2. The molecule has 7 heteroatoms. The predicted molar refractivity (Wildman–Crippen MR) is 132 cm³/mol. The molecule has 2 N–H and O–H groups in total. The lowest BCUT2D eigenvalue weighted by molar-refractivity contribution is 0.0567. The van der Waals surface area contributed by atoms with Gasteiger partial charge < -0.3 is 9.88 Å². The first-order valence-electron chi connectivity index (χ1n) is 11.4. The number of fused-ring (bicyclic) bond motifs is 2. The number of aryl methyl sites for hydroxylation is 2. The number of aromatic amines is 1. The van der Waals surface area contributed by atoms with Crippen LogP contribution in [0.2, 0.25) is 5.02 Å². The van der Waals surface area contributed by atoms with Gasteiger partial charge in [0.15, 0.2) is 0 Å². The van der Waals surface area contributed by atoms with E-state index in [1.807, 2.05) is 60.1 Å². The number of para-hydroxylation sites is 1.